The number of anilines is 1. The zero-order valence-electron chi connectivity index (χ0n) is 18.7. The van der Waals surface area contributed by atoms with Crippen molar-refractivity contribution in [2.24, 2.45) is 0 Å². The third kappa shape index (κ3) is 3.34. The smallest absolute Gasteiger partial charge is 0.226 e. The number of aromatic nitrogens is 3. The van der Waals surface area contributed by atoms with Gasteiger partial charge in [-0.1, -0.05) is 35.9 Å². The maximum Gasteiger partial charge on any atom is 0.226 e. The summed E-state index contributed by atoms with van der Waals surface area (Å²) in [6.45, 7) is 3.93. The Balaban J connectivity index is 1.61. The largest absolute Gasteiger partial charge is 0.493 e. The molecule has 0 spiro atoms. The molecule has 7 nitrogen and oxygen atoms in total. The van der Waals surface area contributed by atoms with E-state index in [0.29, 0.717) is 29.7 Å². The fraction of sp³-hybridized carbons (Fsp3) is 0.320. The molecule has 0 radical (unpaired) electrons. The first-order valence-corrected chi connectivity index (χ1v) is 10.7. The molecule has 0 unspecified atom stereocenters. The second-order valence-corrected chi connectivity index (χ2v) is 8.40. The SMILES string of the molecule is COc1ccc([C@H]2C3=C(C[C@@H](c4ccc(C)cc4)CC3=O)Nc3nc(C)nn32)cc1OC. The van der Waals surface area contributed by atoms with E-state index in [9.17, 15) is 4.79 Å². The van der Waals surface area contributed by atoms with Gasteiger partial charge < -0.3 is 14.8 Å². The quantitative estimate of drug-likeness (QED) is 0.664. The highest BCUT2D eigenvalue weighted by Gasteiger charge is 2.39. The zero-order chi connectivity index (χ0) is 22.4. The van der Waals surface area contributed by atoms with Crippen LogP contribution in [0.15, 0.2) is 53.7 Å². The highest BCUT2D eigenvalue weighted by Crippen LogP contribution is 2.45. The molecule has 0 saturated heterocycles. The number of rotatable bonds is 4. The summed E-state index contributed by atoms with van der Waals surface area (Å²) in [7, 11) is 3.22. The fourth-order valence-corrected chi connectivity index (χ4v) is 4.72. The lowest BCUT2D eigenvalue weighted by molar-refractivity contribution is -0.116. The molecular weight excluding hydrogens is 404 g/mol. The summed E-state index contributed by atoms with van der Waals surface area (Å²) >= 11 is 0. The number of fused-ring (bicyclic) bond motifs is 1. The van der Waals surface area contributed by atoms with Crippen molar-refractivity contribution in [2.75, 3.05) is 19.5 Å². The molecule has 0 amide bonds. The molecule has 32 heavy (non-hydrogen) atoms. The van der Waals surface area contributed by atoms with Gasteiger partial charge in [0.1, 0.15) is 11.9 Å². The molecule has 1 aliphatic carbocycles. The summed E-state index contributed by atoms with van der Waals surface area (Å²) in [4.78, 5) is 18.1. The number of nitrogens with zero attached hydrogens (tertiary/aromatic N) is 3. The second kappa shape index (κ2) is 7.82. The van der Waals surface area contributed by atoms with Gasteiger partial charge in [0, 0.05) is 17.7 Å². The van der Waals surface area contributed by atoms with Gasteiger partial charge in [0.25, 0.3) is 0 Å². The molecule has 2 aliphatic rings. The first-order chi connectivity index (χ1) is 15.5. The topological polar surface area (TPSA) is 78.3 Å². The molecule has 1 aliphatic heterocycles. The molecule has 1 aromatic heterocycles. The van der Waals surface area contributed by atoms with Gasteiger partial charge in [-0.3, -0.25) is 4.79 Å². The number of methoxy groups -OCH3 is 2. The fourth-order valence-electron chi connectivity index (χ4n) is 4.72. The number of nitrogens with one attached hydrogen (secondary N) is 1. The Morgan fingerprint density at radius 2 is 1.69 bits per heavy atom. The van der Waals surface area contributed by atoms with Crippen LogP contribution in [0.2, 0.25) is 0 Å². The van der Waals surface area contributed by atoms with E-state index in [2.05, 4.69) is 46.6 Å². The maximum absolute atomic E-state index is 13.5. The van der Waals surface area contributed by atoms with E-state index in [1.807, 2.05) is 25.1 Å². The van der Waals surface area contributed by atoms with E-state index >= 15 is 0 Å². The molecule has 2 heterocycles. The van der Waals surface area contributed by atoms with Crippen LogP contribution in [0.5, 0.6) is 11.5 Å². The number of hydrogen-bond donors (Lipinski definition) is 1. The minimum absolute atomic E-state index is 0.128. The zero-order valence-corrected chi connectivity index (χ0v) is 18.7. The van der Waals surface area contributed by atoms with Crippen molar-refractivity contribution in [3.05, 3.63) is 76.2 Å². The van der Waals surface area contributed by atoms with Crippen LogP contribution in [0.1, 0.15) is 47.3 Å². The van der Waals surface area contributed by atoms with Crippen LogP contribution in [-0.4, -0.2) is 34.8 Å². The second-order valence-electron chi connectivity index (χ2n) is 8.40. The van der Waals surface area contributed by atoms with Crippen LogP contribution in [0, 0.1) is 13.8 Å². The summed E-state index contributed by atoms with van der Waals surface area (Å²) in [5.41, 5.74) is 4.97. The van der Waals surface area contributed by atoms with Crippen molar-refractivity contribution in [1.29, 1.82) is 0 Å². The van der Waals surface area contributed by atoms with Crippen LogP contribution in [0.25, 0.3) is 0 Å². The minimum Gasteiger partial charge on any atom is -0.493 e. The Hall–Kier alpha value is -3.61. The van der Waals surface area contributed by atoms with Crippen molar-refractivity contribution < 1.29 is 14.3 Å². The summed E-state index contributed by atoms with van der Waals surface area (Å²) in [5, 5.41) is 8.01. The molecule has 3 aromatic rings. The number of aryl methyl sites for hydroxylation is 2. The van der Waals surface area contributed by atoms with Crippen LogP contribution in [0.3, 0.4) is 0 Å². The van der Waals surface area contributed by atoms with Gasteiger partial charge in [-0.15, -0.1) is 0 Å². The standard InChI is InChI=1S/C25H26N4O3/c1-14-5-7-16(8-6-14)18-11-19-23(20(30)12-18)24(29-25(27-19)26-15(2)28-29)17-9-10-21(31-3)22(13-17)32-4/h5-10,13,18,24H,11-12H2,1-4H3,(H,26,27,28)/t18-,24+/m1/s1. The van der Waals surface area contributed by atoms with E-state index in [0.717, 1.165) is 23.3 Å². The average Bonchev–Trinajstić information content (AvgIpc) is 3.17. The van der Waals surface area contributed by atoms with Gasteiger partial charge >= 0.3 is 0 Å². The molecule has 0 bridgehead atoms. The van der Waals surface area contributed by atoms with Gasteiger partial charge in [-0.05, 0) is 49.4 Å². The Kier molecular flexibility index (Phi) is 4.96. The highest BCUT2D eigenvalue weighted by molar-refractivity contribution is 6.00. The molecule has 164 valence electrons. The van der Waals surface area contributed by atoms with Crippen LogP contribution in [0.4, 0.5) is 5.95 Å². The molecule has 2 aromatic carbocycles. The van der Waals surface area contributed by atoms with Crippen LogP contribution in [-0.2, 0) is 4.79 Å². The molecule has 1 N–H and O–H groups in total. The Morgan fingerprint density at radius 3 is 2.41 bits per heavy atom. The molecular formula is C25H26N4O3. The Labute approximate surface area is 187 Å². The third-order valence-electron chi connectivity index (χ3n) is 6.30. The molecule has 0 fully saturated rings. The number of carbonyl (C=O) groups excluding carboxylic acids is 1. The number of ether oxygens (including phenoxy) is 2. The van der Waals surface area contributed by atoms with Crippen molar-refractivity contribution in [1.82, 2.24) is 14.8 Å². The van der Waals surface area contributed by atoms with E-state index in [1.165, 1.54) is 11.1 Å². The minimum atomic E-state index is -0.367. The predicted octanol–water partition coefficient (Wildman–Crippen LogP) is 4.33. The first kappa shape index (κ1) is 20.3. The van der Waals surface area contributed by atoms with Gasteiger partial charge in [0.2, 0.25) is 5.95 Å². The van der Waals surface area contributed by atoms with Gasteiger partial charge in [-0.2, -0.15) is 10.1 Å². The number of carbonyl (C=O) groups is 1. The molecule has 2 atom stereocenters. The number of allylic oxidation sites excluding steroid dienone is 2. The van der Waals surface area contributed by atoms with Crippen molar-refractivity contribution >= 4 is 11.7 Å². The molecule has 7 heteroatoms. The van der Waals surface area contributed by atoms with E-state index < -0.39 is 0 Å². The van der Waals surface area contributed by atoms with Crippen molar-refractivity contribution in [3.63, 3.8) is 0 Å². The predicted molar refractivity (Wildman–Crippen MR) is 121 cm³/mol. The van der Waals surface area contributed by atoms with Gasteiger partial charge in [0.15, 0.2) is 17.3 Å². The summed E-state index contributed by atoms with van der Waals surface area (Å²) < 4.78 is 12.7. The first-order valence-electron chi connectivity index (χ1n) is 10.7. The van der Waals surface area contributed by atoms with E-state index in [4.69, 9.17) is 9.47 Å². The molecule has 5 rings (SSSR count). The monoisotopic (exact) mass is 430 g/mol. The average molecular weight is 431 g/mol. The van der Waals surface area contributed by atoms with Crippen LogP contribution >= 0.6 is 0 Å². The summed E-state index contributed by atoms with van der Waals surface area (Å²) in [6, 6.07) is 13.8. The van der Waals surface area contributed by atoms with Crippen LogP contribution < -0.4 is 14.8 Å². The lowest BCUT2D eigenvalue weighted by Crippen LogP contribution is -2.33. The third-order valence-corrected chi connectivity index (χ3v) is 6.30. The Morgan fingerprint density at radius 1 is 0.969 bits per heavy atom. The number of hydrogen-bond acceptors (Lipinski definition) is 6. The van der Waals surface area contributed by atoms with Crippen molar-refractivity contribution in [3.8, 4) is 11.5 Å². The number of Topliss-reactive ketones (excluding diaryl/α,β-unsaturated/α-hetero) is 1. The summed E-state index contributed by atoms with van der Waals surface area (Å²) in [6.07, 6.45) is 1.22. The Bertz CT molecular complexity index is 1230. The maximum atomic E-state index is 13.5. The number of ketones is 1. The summed E-state index contributed by atoms with van der Waals surface area (Å²) in [5.74, 6) is 2.83. The van der Waals surface area contributed by atoms with E-state index in [1.54, 1.807) is 18.9 Å². The molecule has 0 saturated carbocycles. The van der Waals surface area contributed by atoms with E-state index in [-0.39, 0.29) is 17.7 Å². The van der Waals surface area contributed by atoms with Crippen molar-refractivity contribution in [2.45, 2.75) is 38.6 Å². The number of benzene rings is 2. The van der Waals surface area contributed by atoms with Gasteiger partial charge in [0.05, 0.1) is 14.2 Å². The highest BCUT2D eigenvalue weighted by atomic mass is 16.5. The normalized spacial score (nSPS) is 19.8. The lowest BCUT2D eigenvalue weighted by Gasteiger charge is -2.35. The lowest BCUT2D eigenvalue weighted by atomic mass is 9.78. The van der Waals surface area contributed by atoms with Gasteiger partial charge in [-0.25, -0.2) is 4.68 Å².